The van der Waals surface area contributed by atoms with Crippen molar-refractivity contribution in [3.63, 3.8) is 0 Å². The number of oxazole rings is 1. The van der Waals surface area contributed by atoms with Crippen LogP contribution in [-0.2, 0) is 19.4 Å². The van der Waals surface area contributed by atoms with Crippen LogP contribution in [0.25, 0.3) is 0 Å². The van der Waals surface area contributed by atoms with Crippen molar-refractivity contribution in [2.45, 2.75) is 39.3 Å². The number of benzene rings is 2. The maximum Gasteiger partial charge on any atom is 0.318 e. The van der Waals surface area contributed by atoms with E-state index < -0.39 is 5.82 Å². The lowest BCUT2D eigenvalue weighted by Crippen LogP contribution is -2.46. The van der Waals surface area contributed by atoms with Gasteiger partial charge >= 0.3 is 6.03 Å². The highest BCUT2D eigenvalue weighted by Crippen LogP contribution is 2.39. The summed E-state index contributed by atoms with van der Waals surface area (Å²) in [6.07, 6.45) is 7.49. The molecular formula is C29H29FN4O3. The number of ether oxygens (including phenoxy) is 1. The minimum Gasteiger partial charge on any atom is -0.490 e. The summed E-state index contributed by atoms with van der Waals surface area (Å²) in [4.78, 5) is 23.4. The zero-order chi connectivity index (χ0) is 25.8. The number of halogens is 1. The van der Waals surface area contributed by atoms with Crippen LogP contribution in [0.3, 0.4) is 0 Å². The predicted octanol–water partition coefficient (Wildman–Crippen LogP) is 5.30. The summed E-state index contributed by atoms with van der Waals surface area (Å²) >= 11 is 0. The van der Waals surface area contributed by atoms with E-state index >= 15 is 4.39 Å². The Kier molecular flexibility index (Phi) is 7.16. The number of nitrogens with zero attached hydrogens (tertiary/aromatic N) is 3. The standard InChI is InChI=1S/C29H29FN4O3/c1-19-5-6-24(20(2)12-19)28-25-14-27(37-11-8-21-4-3-9-31-15-21)26(30)13-22(25)7-10-34(28)29(35)32-16-23-17-36-18-33-23/h3-6,9,12-15,17-18,28H,7-8,10-11,16H2,1-2H3,(H,32,35). The number of rotatable bonds is 7. The van der Waals surface area contributed by atoms with Gasteiger partial charge in [0.05, 0.1) is 24.9 Å². The van der Waals surface area contributed by atoms with Crippen molar-refractivity contribution in [2.24, 2.45) is 0 Å². The molecule has 7 nitrogen and oxygen atoms in total. The summed E-state index contributed by atoms with van der Waals surface area (Å²) in [6.45, 7) is 5.10. The number of nitrogens with one attached hydrogen (secondary N) is 1. The van der Waals surface area contributed by atoms with E-state index in [2.05, 4.69) is 27.4 Å². The second kappa shape index (κ2) is 10.8. The first-order chi connectivity index (χ1) is 18.0. The summed E-state index contributed by atoms with van der Waals surface area (Å²) in [7, 11) is 0. The summed E-state index contributed by atoms with van der Waals surface area (Å²) in [5.74, 6) is -0.212. The SMILES string of the molecule is Cc1ccc(C2c3cc(OCCc4cccnc4)c(F)cc3CCN2C(=O)NCc2cocn2)c(C)c1. The number of carbonyl (C=O) groups is 1. The van der Waals surface area contributed by atoms with Crippen molar-refractivity contribution in [3.8, 4) is 5.75 Å². The van der Waals surface area contributed by atoms with Crippen molar-refractivity contribution in [3.05, 3.63) is 112 Å². The number of aryl methyl sites for hydroxylation is 2. The number of hydrogen-bond donors (Lipinski definition) is 1. The zero-order valence-corrected chi connectivity index (χ0v) is 20.9. The van der Waals surface area contributed by atoms with E-state index in [1.54, 1.807) is 29.4 Å². The van der Waals surface area contributed by atoms with Gasteiger partial charge in [-0.25, -0.2) is 14.2 Å². The van der Waals surface area contributed by atoms with E-state index in [4.69, 9.17) is 9.15 Å². The van der Waals surface area contributed by atoms with Crippen LogP contribution in [0.2, 0.25) is 0 Å². The molecule has 1 N–H and O–H groups in total. The fraction of sp³-hybridized carbons (Fsp3) is 0.276. The van der Waals surface area contributed by atoms with Gasteiger partial charge in [-0.05, 0) is 66.3 Å². The molecule has 0 saturated carbocycles. The van der Waals surface area contributed by atoms with Crippen molar-refractivity contribution in [1.29, 1.82) is 0 Å². The molecule has 2 aromatic carbocycles. The molecule has 1 aliphatic heterocycles. The van der Waals surface area contributed by atoms with E-state index in [0.717, 1.165) is 33.4 Å². The minimum atomic E-state index is -0.395. The zero-order valence-electron chi connectivity index (χ0n) is 20.9. The summed E-state index contributed by atoms with van der Waals surface area (Å²) in [6, 6.07) is 12.7. The number of fused-ring (bicyclic) bond motifs is 1. The molecule has 3 heterocycles. The molecular weight excluding hydrogens is 471 g/mol. The molecule has 8 heteroatoms. The second-order valence-electron chi connectivity index (χ2n) is 9.29. The van der Waals surface area contributed by atoms with Gasteiger partial charge in [-0.1, -0.05) is 29.8 Å². The van der Waals surface area contributed by atoms with E-state index in [1.807, 2.05) is 32.0 Å². The molecule has 0 saturated heterocycles. The van der Waals surface area contributed by atoms with Crippen LogP contribution >= 0.6 is 0 Å². The number of carbonyl (C=O) groups excluding carboxylic acids is 1. The molecule has 0 radical (unpaired) electrons. The highest BCUT2D eigenvalue weighted by Gasteiger charge is 2.34. The minimum absolute atomic E-state index is 0.183. The average Bonchev–Trinajstić information content (AvgIpc) is 3.42. The number of hydrogen-bond acceptors (Lipinski definition) is 5. The quantitative estimate of drug-likeness (QED) is 0.372. The molecule has 0 spiro atoms. The van der Waals surface area contributed by atoms with Gasteiger partial charge in [0.1, 0.15) is 6.26 Å². The van der Waals surface area contributed by atoms with Gasteiger partial charge in [-0.2, -0.15) is 0 Å². The molecule has 2 amide bonds. The number of urea groups is 1. The van der Waals surface area contributed by atoms with Gasteiger partial charge in [0.2, 0.25) is 0 Å². The van der Waals surface area contributed by atoms with Gasteiger partial charge in [0.25, 0.3) is 0 Å². The molecule has 1 aliphatic rings. The van der Waals surface area contributed by atoms with Crippen molar-refractivity contribution in [1.82, 2.24) is 20.2 Å². The van der Waals surface area contributed by atoms with Gasteiger partial charge in [0, 0.05) is 25.4 Å². The molecule has 0 bridgehead atoms. The summed E-state index contributed by atoms with van der Waals surface area (Å²) < 4.78 is 26.0. The smallest absolute Gasteiger partial charge is 0.318 e. The average molecular weight is 501 g/mol. The lowest BCUT2D eigenvalue weighted by atomic mass is 9.86. The van der Waals surface area contributed by atoms with Crippen LogP contribution in [0.4, 0.5) is 9.18 Å². The Morgan fingerprint density at radius 2 is 2.11 bits per heavy atom. The van der Waals surface area contributed by atoms with Crippen LogP contribution in [-0.4, -0.2) is 34.1 Å². The Hall–Kier alpha value is -4.20. The van der Waals surface area contributed by atoms with Gasteiger partial charge in [0.15, 0.2) is 18.0 Å². The maximum absolute atomic E-state index is 15.1. The molecule has 1 unspecified atom stereocenters. The van der Waals surface area contributed by atoms with Gasteiger partial charge in [-0.3, -0.25) is 4.98 Å². The highest BCUT2D eigenvalue weighted by molar-refractivity contribution is 5.76. The molecule has 190 valence electrons. The largest absolute Gasteiger partial charge is 0.490 e. The van der Waals surface area contributed by atoms with Crippen LogP contribution in [0.1, 0.15) is 45.1 Å². The lowest BCUT2D eigenvalue weighted by Gasteiger charge is -2.38. The van der Waals surface area contributed by atoms with Crippen LogP contribution in [0, 0.1) is 19.7 Å². The molecule has 37 heavy (non-hydrogen) atoms. The normalized spacial score (nSPS) is 14.8. The monoisotopic (exact) mass is 500 g/mol. The van der Waals surface area contributed by atoms with Crippen LogP contribution in [0.15, 0.2) is 71.9 Å². The number of amides is 2. The third-order valence-electron chi connectivity index (χ3n) is 6.68. The first-order valence-corrected chi connectivity index (χ1v) is 12.3. The Morgan fingerprint density at radius 1 is 1.22 bits per heavy atom. The van der Waals surface area contributed by atoms with E-state index in [0.29, 0.717) is 31.7 Å². The Bertz CT molecular complexity index is 1380. The second-order valence-corrected chi connectivity index (χ2v) is 9.29. The van der Waals surface area contributed by atoms with E-state index in [9.17, 15) is 4.79 Å². The lowest BCUT2D eigenvalue weighted by molar-refractivity contribution is 0.179. The van der Waals surface area contributed by atoms with Gasteiger partial charge in [-0.15, -0.1) is 0 Å². The maximum atomic E-state index is 15.1. The molecule has 0 fully saturated rings. The predicted molar refractivity (Wildman–Crippen MR) is 137 cm³/mol. The first kappa shape index (κ1) is 24.5. The fourth-order valence-electron chi connectivity index (χ4n) is 4.83. The van der Waals surface area contributed by atoms with Crippen LogP contribution < -0.4 is 10.1 Å². The summed E-state index contributed by atoms with van der Waals surface area (Å²) in [5.41, 5.74) is 6.60. The van der Waals surface area contributed by atoms with Crippen molar-refractivity contribution in [2.75, 3.05) is 13.2 Å². The Balaban J connectivity index is 1.45. The Labute approximate surface area is 215 Å². The number of pyridine rings is 1. The Morgan fingerprint density at radius 3 is 2.86 bits per heavy atom. The van der Waals surface area contributed by atoms with Crippen molar-refractivity contribution >= 4 is 6.03 Å². The summed E-state index contributed by atoms with van der Waals surface area (Å²) in [5, 5.41) is 2.95. The van der Waals surface area contributed by atoms with Gasteiger partial charge < -0.3 is 19.4 Å². The fourth-order valence-corrected chi connectivity index (χ4v) is 4.83. The third-order valence-corrected chi connectivity index (χ3v) is 6.68. The molecule has 4 aromatic rings. The van der Waals surface area contributed by atoms with E-state index in [-0.39, 0.29) is 24.4 Å². The van der Waals surface area contributed by atoms with E-state index in [1.165, 1.54) is 12.7 Å². The highest BCUT2D eigenvalue weighted by atomic mass is 19.1. The number of aromatic nitrogens is 2. The third kappa shape index (κ3) is 5.48. The van der Waals surface area contributed by atoms with Crippen LogP contribution in [0.5, 0.6) is 5.75 Å². The van der Waals surface area contributed by atoms with Crippen molar-refractivity contribution < 1.29 is 18.3 Å². The molecule has 0 aliphatic carbocycles. The molecule has 2 aromatic heterocycles. The topological polar surface area (TPSA) is 80.5 Å². The molecule has 1 atom stereocenters. The molecule has 5 rings (SSSR count). The first-order valence-electron chi connectivity index (χ1n) is 12.3.